The van der Waals surface area contributed by atoms with Gasteiger partial charge >= 0.3 is 130 Å². The van der Waals surface area contributed by atoms with Gasteiger partial charge in [-0.25, -0.2) is 0 Å². The molecule has 1 aliphatic rings. The Morgan fingerprint density at radius 3 is 2.54 bits per heavy atom. The van der Waals surface area contributed by atoms with E-state index in [4.69, 9.17) is 21.7 Å². The maximum absolute atomic E-state index is 11.5. The van der Waals surface area contributed by atoms with Crippen LogP contribution in [0.2, 0.25) is 0 Å². The molecule has 2 aromatic carbocycles. The van der Waals surface area contributed by atoms with Crippen molar-refractivity contribution < 1.29 is 19.0 Å². The van der Waals surface area contributed by atoms with Crippen molar-refractivity contribution in [3.63, 3.8) is 0 Å². The van der Waals surface area contributed by atoms with E-state index in [1.165, 1.54) is 6.08 Å². The van der Waals surface area contributed by atoms with Gasteiger partial charge in [0.1, 0.15) is 0 Å². The SMILES string of the molecule is [B]=C(Oc1ccc(/C=C/C(=O)OCC2CO2)cc1)c1ccccc1. The van der Waals surface area contributed by atoms with E-state index < -0.39 is 0 Å². The molecule has 0 N–H and O–H groups in total. The molecule has 1 saturated heterocycles. The maximum atomic E-state index is 11.5. The summed E-state index contributed by atoms with van der Waals surface area (Å²) in [5.41, 5.74) is 2.02. The second-order valence-corrected chi connectivity index (χ2v) is 5.32. The summed E-state index contributed by atoms with van der Waals surface area (Å²) >= 11 is 0. The Morgan fingerprint density at radius 1 is 1.17 bits per heavy atom. The van der Waals surface area contributed by atoms with E-state index in [1.54, 1.807) is 18.2 Å². The molecule has 119 valence electrons. The van der Waals surface area contributed by atoms with E-state index in [2.05, 4.69) is 0 Å². The number of rotatable bonds is 7. The topological polar surface area (TPSA) is 48.1 Å². The molecule has 0 aliphatic carbocycles. The van der Waals surface area contributed by atoms with Crippen molar-refractivity contribution in [1.29, 1.82) is 0 Å². The Hall–Kier alpha value is -2.66. The van der Waals surface area contributed by atoms with Gasteiger partial charge in [0.15, 0.2) is 0 Å². The molecule has 0 saturated carbocycles. The van der Waals surface area contributed by atoms with E-state index in [0.717, 1.165) is 11.1 Å². The molecule has 0 amide bonds. The number of ether oxygens (including phenoxy) is 3. The molecule has 1 atom stereocenters. The van der Waals surface area contributed by atoms with Crippen molar-refractivity contribution in [2.75, 3.05) is 13.2 Å². The van der Waals surface area contributed by atoms with Gasteiger partial charge in [-0.1, -0.05) is 0 Å². The van der Waals surface area contributed by atoms with E-state index in [0.29, 0.717) is 24.6 Å². The minimum atomic E-state index is -0.382. The van der Waals surface area contributed by atoms with Gasteiger partial charge in [-0.3, -0.25) is 0 Å². The normalized spacial score (nSPS) is 15.9. The summed E-state index contributed by atoms with van der Waals surface area (Å²) in [5, 5.41) is 0. The number of hydrogen-bond donors (Lipinski definition) is 0. The van der Waals surface area contributed by atoms with Gasteiger partial charge in [0.05, 0.1) is 6.61 Å². The van der Waals surface area contributed by atoms with E-state index in [1.807, 2.05) is 42.5 Å². The third kappa shape index (κ3) is 4.93. The Bertz CT molecular complexity index is 734. The van der Waals surface area contributed by atoms with Gasteiger partial charge < -0.3 is 4.74 Å². The predicted octanol–water partition coefficient (Wildman–Crippen LogP) is 2.37. The first-order chi connectivity index (χ1) is 11.7. The molecule has 2 aromatic rings. The average molecular weight is 319 g/mol. The molecule has 3 rings (SSSR count). The molecule has 1 radical (unpaired) electrons. The third-order valence-electron chi connectivity index (χ3n) is 3.39. The van der Waals surface area contributed by atoms with Crippen LogP contribution in [0.4, 0.5) is 0 Å². The third-order valence-corrected chi connectivity index (χ3v) is 3.39. The Morgan fingerprint density at radius 2 is 1.88 bits per heavy atom. The molecule has 1 aliphatic heterocycles. The predicted molar refractivity (Wildman–Crippen MR) is 93.1 cm³/mol. The number of epoxide rings is 1. The summed E-state index contributed by atoms with van der Waals surface area (Å²) in [6, 6.07) is 16.7. The van der Waals surface area contributed by atoms with Gasteiger partial charge in [0, 0.05) is 0 Å². The quantitative estimate of drug-likeness (QED) is 0.340. The van der Waals surface area contributed by atoms with E-state index >= 15 is 0 Å². The first kappa shape index (κ1) is 16.2. The summed E-state index contributed by atoms with van der Waals surface area (Å²) in [5.74, 6) is 0.245. The number of carbonyl (C=O) groups is 1. The van der Waals surface area contributed by atoms with Gasteiger partial charge in [-0.15, -0.1) is 0 Å². The second kappa shape index (κ2) is 7.75. The zero-order valence-electron chi connectivity index (χ0n) is 13.1. The molecule has 0 bridgehead atoms. The van der Waals surface area contributed by atoms with Crippen LogP contribution in [0, 0.1) is 0 Å². The zero-order valence-corrected chi connectivity index (χ0v) is 13.1. The van der Waals surface area contributed by atoms with Crippen LogP contribution in [-0.4, -0.2) is 38.4 Å². The molecular weight excluding hydrogens is 303 g/mol. The molecule has 4 nitrogen and oxygen atoms in total. The van der Waals surface area contributed by atoms with Gasteiger partial charge in [0.2, 0.25) is 0 Å². The number of esters is 1. The van der Waals surface area contributed by atoms with Crippen molar-refractivity contribution in [2.24, 2.45) is 0 Å². The summed E-state index contributed by atoms with van der Waals surface area (Å²) < 4.78 is 15.6. The molecule has 1 fully saturated rings. The molecule has 5 heteroatoms. The minimum absolute atomic E-state index is 0.0742. The Balaban J connectivity index is 1.52. The zero-order chi connectivity index (χ0) is 16.8. The Labute approximate surface area is 141 Å². The number of hydrogen-bond acceptors (Lipinski definition) is 4. The molecule has 1 heterocycles. The van der Waals surface area contributed by atoms with E-state index in [-0.39, 0.29) is 12.1 Å². The summed E-state index contributed by atoms with van der Waals surface area (Å²) in [6.45, 7) is 0.978. The van der Waals surface area contributed by atoms with Crippen LogP contribution >= 0.6 is 0 Å². The first-order valence-electron chi connectivity index (χ1n) is 7.63. The Kier molecular flexibility index (Phi) is 5.23. The fourth-order valence-electron chi connectivity index (χ4n) is 1.99. The van der Waals surface area contributed by atoms with Crippen molar-refractivity contribution in [2.45, 2.75) is 6.10 Å². The van der Waals surface area contributed by atoms with Crippen LogP contribution in [0.5, 0.6) is 5.75 Å². The van der Waals surface area contributed by atoms with Crippen LogP contribution < -0.4 is 4.74 Å². The van der Waals surface area contributed by atoms with Crippen LogP contribution in [-0.2, 0) is 14.3 Å². The van der Waals surface area contributed by atoms with E-state index in [9.17, 15) is 4.79 Å². The molecule has 1 unspecified atom stereocenters. The van der Waals surface area contributed by atoms with Gasteiger partial charge in [-0.05, 0) is 0 Å². The molecule has 0 spiro atoms. The molecule has 0 aromatic heterocycles. The van der Waals surface area contributed by atoms with Crippen LogP contribution in [0.3, 0.4) is 0 Å². The number of benzene rings is 2. The second-order valence-electron chi connectivity index (χ2n) is 5.32. The summed E-state index contributed by atoms with van der Waals surface area (Å²) in [6.07, 6.45) is 3.15. The fraction of sp³-hybridized carbons (Fsp3) is 0.158. The van der Waals surface area contributed by atoms with Crippen molar-refractivity contribution >= 4 is 25.2 Å². The van der Waals surface area contributed by atoms with Crippen molar-refractivity contribution in [3.8, 4) is 5.75 Å². The standard InChI is InChI=1S/C19H16BO4/c20-19(15-4-2-1-3-5-15)24-16-9-6-14(7-10-16)8-11-18(21)23-13-17-12-22-17/h1-11,17H,12-13H2/b11-8+. The monoisotopic (exact) mass is 319 g/mol. The summed E-state index contributed by atoms with van der Waals surface area (Å²) in [7, 11) is 5.94. The van der Waals surface area contributed by atoms with Crippen LogP contribution in [0.1, 0.15) is 11.1 Å². The molecule has 24 heavy (non-hydrogen) atoms. The van der Waals surface area contributed by atoms with Crippen LogP contribution in [0.15, 0.2) is 60.7 Å². The summed E-state index contributed by atoms with van der Waals surface area (Å²) in [4.78, 5) is 11.5. The van der Waals surface area contributed by atoms with Crippen LogP contribution in [0.25, 0.3) is 6.08 Å². The number of carbonyl (C=O) groups excluding carboxylic acids is 1. The van der Waals surface area contributed by atoms with Crippen molar-refractivity contribution in [1.82, 2.24) is 0 Å². The molecular formula is C19H16BO4. The van der Waals surface area contributed by atoms with Gasteiger partial charge in [0.25, 0.3) is 0 Å². The average Bonchev–Trinajstić information content (AvgIpc) is 3.44. The van der Waals surface area contributed by atoms with Gasteiger partial charge in [-0.2, -0.15) is 0 Å². The first-order valence-corrected chi connectivity index (χ1v) is 7.63. The fourth-order valence-corrected chi connectivity index (χ4v) is 1.99. The van der Waals surface area contributed by atoms with Crippen molar-refractivity contribution in [3.05, 3.63) is 71.8 Å².